The minimum atomic E-state index is -0.0846. The molecule has 0 atom stereocenters. The third-order valence-electron chi connectivity index (χ3n) is 3.69. The Bertz CT molecular complexity index is 668. The van der Waals surface area contributed by atoms with Crippen LogP contribution in [0.1, 0.15) is 24.5 Å². The second-order valence-corrected chi connectivity index (χ2v) is 5.54. The van der Waals surface area contributed by atoms with E-state index in [2.05, 4.69) is 5.32 Å². The van der Waals surface area contributed by atoms with Crippen LogP contribution >= 0.6 is 0 Å². The van der Waals surface area contributed by atoms with Crippen LogP contribution in [0.2, 0.25) is 0 Å². The van der Waals surface area contributed by atoms with Gasteiger partial charge < -0.3 is 10.2 Å². The molecule has 120 valence electrons. The van der Waals surface area contributed by atoms with Gasteiger partial charge in [-0.3, -0.25) is 9.59 Å². The lowest BCUT2D eigenvalue weighted by molar-refractivity contribution is -0.129. The van der Waals surface area contributed by atoms with Crippen LogP contribution in [-0.4, -0.2) is 23.3 Å². The maximum absolute atomic E-state index is 12.1. The predicted octanol–water partition coefficient (Wildman–Crippen LogP) is 3.37. The molecule has 0 bridgehead atoms. The number of rotatable bonds is 6. The van der Waals surface area contributed by atoms with Crippen LogP contribution in [-0.2, 0) is 16.1 Å². The summed E-state index contributed by atoms with van der Waals surface area (Å²) in [6.07, 6.45) is 0.279. The number of hydrogen-bond donors (Lipinski definition) is 1. The van der Waals surface area contributed by atoms with Crippen LogP contribution in [0.3, 0.4) is 0 Å². The molecule has 0 spiro atoms. The molecule has 0 radical (unpaired) electrons. The van der Waals surface area contributed by atoms with Crippen LogP contribution in [0.15, 0.2) is 54.6 Å². The van der Waals surface area contributed by atoms with Crippen LogP contribution in [0.5, 0.6) is 0 Å². The molecule has 2 rings (SSSR count). The molecule has 4 heteroatoms. The number of nitrogens with zero attached hydrogens (tertiary/aromatic N) is 1. The second-order valence-electron chi connectivity index (χ2n) is 5.54. The zero-order chi connectivity index (χ0) is 16.7. The lowest BCUT2D eigenvalue weighted by atomic mass is 10.2. The van der Waals surface area contributed by atoms with Gasteiger partial charge in [-0.25, -0.2) is 0 Å². The Morgan fingerprint density at radius 2 is 1.65 bits per heavy atom. The Morgan fingerprint density at radius 3 is 2.30 bits per heavy atom. The molecule has 0 fully saturated rings. The van der Waals surface area contributed by atoms with Gasteiger partial charge in [0.05, 0.1) is 0 Å². The summed E-state index contributed by atoms with van der Waals surface area (Å²) in [5.74, 6) is -0.115. The Hall–Kier alpha value is -2.62. The van der Waals surface area contributed by atoms with Crippen molar-refractivity contribution in [2.75, 3.05) is 11.9 Å². The number of anilines is 1. The highest BCUT2D eigenvalue weighted by atomic mass is 16.2. The van der Waals surface area contributed by atoms with Crippen molar-refractivity contribution < 1.29 is 9.59 Å². The molecule has 0 saturated carbocycles. The SMILES string of the molecule is CC(=O)N(CCC(=O)Nc1ccccc1C)Cc1ccccc1. The van der Waals surface area contributed by atoms with E-state index in [0.717, 1.165) is 16.8 Å². The van der Waals surface area contributed by atoms with E-state index in [1.54, 1.807) is 4.90 Å². The summed E-state index contributed by atoms with van der Waals surface area (Å²) in [5, 5.41) is 2.89. The largest absolute Gasteiger partial charge is 0.338 e. The normalized spacial score (nSPS) is 10.2. The van der Waals surface area contributed by atoms with Gasteiger partial charge in [-0.2, -0.15) is 0 Å². The topological polar surface area (TPSA) is 49.4 Å². The first-order chi connectivity index (χ1) is 11.1. The maximum atomic E-state index is 12.1. The van der Waals surface area contributed by atoms with E-state index in [4.69, 9.17) is 0 Å². The van der Waals surface area contributed by atoms with Crippen molar-refractivity contribution in [2.45, 2.75) is 26.8 Å². The molecule has 0 aromatic heterocycles. The first-order valence-electron chi connectivity index (χ1n) is 7.71. The van der Waals surface area contributed by atoms with Crippen molar-refractivity contribution in [3.8, 4) is 0 Å². The summed E-state index contributed by atoms with van der Waals surface area (Å²) in [7, 11) is 0. The molecule has 0 unspecified atom stereocenters. The highest BCUT2D eigenvalue weighted by Crippen LogP contribution is 2.13. The molecular formula is C19H22N2O2. The summed E-state index contributed by atoms with van der Waals surface area (Å²) in [6.45, 7) is 4.41. The van der Waals surface area contributed by atoms with Gasteiger partial charge in [0.25, 0.3) is 0 Å². The number of nitrogens with one attached hydrogen (secondary N) is 1. The third-order valence-corrected chi connectivity index (χ3v) is 3.69. The van der Waals surface area contributed by atoms with Crippen molar-refractivity contribution in [3.05, 3.63) is 65.7 Å². The molecular weight excluding hydrogens is 288 g/mol. The van der Waals surface area contributed by atoms with E-state index in [9.17, 15) is 9.59 Å². The van der Waals surface area contributed by atoms with Crippen molar-refractivity contribution in [1.82, 2.24) is 4.90 Å². The minimum absolute atomic E-state index is 0.0301. The van der Waals surface area contributed by atoms with Gasteiger partial charge in [-0.05, 0) is 24.1 Å². The van der Waals surface area contributed by atoms with Gasteiger partial charge in [0.1, 0.15) is 0 Å². The molecule has 2 amide bonds. The van der Waals surface area contributed by atoms with Crippen molar-refractivity contribution >= 4 is 17.5 Å². The number of benzene rings is 2. The highest BCUT2D eigenvalue weighted by Gasteiger charge is 2.12. The summed E-state index contributed by atoms with van der Waals surface area (Å²) in [5.41, 5.74) is 2.89. The Morgan fingerprint density at radius 1 is 1.00 bits per heavy atom. The fourth-order valence-corrected chi connectivity index (χ4v) is 2.31. The first kappa shape index (κ1) is 16.7. The standard InChI is InChI=1S/C19H22N2O2/c1-15-8-6-7-11-18(15)20-19(23)12-13-21(16(2)22)14-17-9-4-3-5-10-17/h3-11H,12-14H2,1-2H3,(H,20,23). The fourth-order valence-electron chi connectivity index (χ4n) is 2.31. The summed E-state index contributed by atoms with van der Waals surface area (Å²) in [4.78, 5) is 25.5. The van der Waals surface area contributed by atoms with Gasteiger partial charge in [0.2, 0.25) is 11.8 Å². The Labute approximate surface area is 137 Å². The number of hydrogen-bond acceptors (Lipinski definition) is 2. The van der Waals surface area contributed by atoms with E-state index in [-0.39, 0.29) is 18.2 Å². The van der Waals surface area contributed by atoms with Gasteiger partial charge >= 0.3 is 0 Å². The molecule has 2 aromatic carbocycles. The van der Waals surface area contributed by atoms with Crippen LogP contribution < -0.4 is 5.32 Å². The van der Waals surface area contributed by atoms with Gasteiger partial charge in [-0.15, -0.1) is 0 Å². The smallest absolute Gasteiger partial charge is 0.226 e. The maximum Gasteiger partial charge on any atom is 0.226 e. The molecule has 0 aliphatic heterocycles. The average molecular weight is 310 g/mol. The molecule has 0 heterocycles. The summed E-state index contributed by atoms with van der Waals surface area (Å²) < 4.78 is 0. The predicted molar refractivity (Wildman–Crippen MR) is 92.0 cm³/mol. The van der Waals surface area contributed by atoms with Gasteiger partial charge in [0.15, 0.2) is 0 Å². The Balaban J connectivity index is 1.90. The van der Waals surface area contributed by atoms with Crippen molar-refractivity contribution in [3.63, 3.8) is 0 Å². The van der Waals surface area contributed by atoms with Crippen LogP contribution in [0, 0.1) is 6.92 Å². The molecule has 4 nitrogen and oxygen atoms in total. The molecule has 0 aliphatic carbocycles. The quantitative estimate of drug-likeness (QED) is 0.889. The fraction of sp³-hybridized carbons (Fsp3) is 0.263. The van der Waals surface area contributed by atoms with E-state index in [1.165, 1.54) is 6.92 Å². The number of carbonyl (C=O) groups is 2. The number of carbonyl (C=O) groups excluding carboxylic acids is 2. The lowest BCUT2D eigenvalue weighted by Crippen LogP contribution is -2.31. The van der Waals surface area contributed by atoms with Crippen LogP contribution in [0.25, 0.3) is 0 Å². The Kier molecular flexibility index (Phi) is 5.92. The lowest BCUT2D eigenvalue weighted by Gasteiger charge is -2.21. The highest BCUT2D eigenvalue weighted by molar-refractivity contribution is 5.91. The molecule has 0 saturated heterocycles. The zero-order valence-corrected chi connectivity index (χ0v) is 13.6. The van der Waals surface area contributed by atoms with Crippen LogP contribution in [0.4, 0.5) is 5.69 Å². The summed E-state index contributed by atoms with van der Waals surface area (Å²) in [6, 6.07) is 17.4. The van der Waals surface area contributed by atoms with Gasteiger partial charge in [-0.1, -0.05) is 48.5 Å². The first-order valence-corrected chi connectivity index (χ1v) is 7.71. The van der Waals surface area contributed by atoms with E-state index >= 15 is 0 Å². The monoisotopic (exact) mass is 310 g/mol. The summed E-state index contributed by atoms with van der Waals surface area (Å²) >= 11 is 0. The molecule has 0 aliphatic rings. The van der Waals surface area contributed by atoms with Crippen molar-refractivity contribution in [1.29, 1.82) is 0 Å². The number of aryl methyl sites for hydroxylation is 1. The molecule has 23 heavy (non-hydrogen) atoms. The zero-order valence-electron chi connectivity index (χ0n) is 13.6. The van der Waals surface area contributed by atoms with Gasteiger partial charge in [0, 0.05) is 32.1 Å². The second kappa shape index (κ2) is 8.13. The van der Waals surface area contributed by atoms with E-state index in [1.807, 2.05) is 61.5 Å². The number of amides is 2. The van der Waals surface area contributed by atoms with Crippen molar-refractivity contribution in [2.24, 2.45) is 0 Å². The van der Waals surface area contributed by atoms with E-state index in [0.29, 0.717) is 13.1 Å². The minimum Gasteiger partial charge on any atom is -0.338 e. The molecule has 2 aromatic rings. The molecule has 1 N–H and O–H groups in total. The van der Waals surface area contributed by atoms with E-state index < -0.39 is 0 Å². The third kappa shape index (κ3) is 5.25. The average Bonchev–Trinajstić information content (AvgIpc) is 2.54. The number of para-hydroxylation sites is 1.